The van der Waals surface area contributed by atoms with Gasteiger partial charge in [0, 0.05) is 20.0 Å². The van der Waals surface area contributed by atoms with Gasteiger partial charge in [-0.25, -0.2) is 0 Å². The van der Waals surface area contributed by atoms with Crippen molar-refractivity contribution in [2.75, 3.05) is 20.3 Å². The van der Waals surface area contributed by atoms with Crippen LogP contribution in [0, 0.1) is 0 Å². The van der Waals surface area contributed by atoms with E-state index in [4.69, 9.17) is 18.9 Å². The van der Waals surface area contributed by atoms with Gasteiger partial charge in [0.15, 0.2) is 5.79 Å². The van der Waals surface area contributed by atoms with E-state index in [1.807, 2.05) is 0 Å². The monoisotopic (exact) mass is 256 g/mol. The van der Waals surface area contributed by atoms with Crippen molar-refractivity contribution in [2.24, 2.45) is 0 Å². The maximum Gasteiger partial charge on any atom is 0.168 e. The lowest BCUT2D eigenvalue weighted by atomic mass is 9.91. The minimum absolute atomic E-state index is 0.268. The van der Waals surface area contributed by atoms with Gasteiger partial charge < -0.3 is 18.9 Å². The highest BCUT2D eigenvalue weighted by Gasteiger charge is 2.41. The first kappa shape index (κ1) is 12.9. The first-order chi connectivity index (χ1) is 8.81. The lowest BCUT2D eigenvalue weighted by Gasteiger charge is -2.36. The zero-order valence-electron chi connectivity index (χ0n) is 11.2. The fraction of sp³-hybridized carbons (Fsp3) is 1.00. The van der Waals surface area contributed by atoms with Crippen molar-refractivity contribution in [1.29, 1.82) is 0 Å². The minimum Gasteiger partial charge on any atom is -0.379 e. The fourth-order valence-corrected chi connectivity index (χ4v) is 3.52. The second kappa shape index (κ2) is 5.45. The first-order valence-electron chi connectivity index (χ1n) is 7.27. The molecule has 0 N–H and O–H groups in total. The quantitative estimate of drug-likeness (QED) is 0.776. The molecule has 0 radical (unpaired) electrons. The zero-order valence-corrected chi connectivity index (χ0v) is 11.2. The zero-order chi connectivity index (χ0) is 12.4. The molecule has 1 heterocycles. The van der Waals surface area contributed by atoms with Gasteiger partial charge in [-0.3, -0.25) is 0 Å². The molecule has 4 nitrogen and oxygen atoms in total. The SMILES string of the molecule is COC1CCCC1OC1CCC2(CC1)OCCO2. The Labute approximate surface area is 109 Å². The van der Waals surface area contributed by atoms with Gasteiger partial charge in [0.25, 0.3) is 0 Å². The molecule has 3 aliphatic rings. The Kier molecular flexibility index (Phi) is 3.89. The van der Waals surface area contributed by atoms with Crippen LogP contribution in [0.3, 0.4) is 0 Å². The van der Waals surface area contributed by atoms with E-state index < -0.39 is 0 Å². The van der Waals surface area contributed by atoms with E-state index in [0.29, 0.717) is 18.3 Å². The van der Waals surface area contributed by atoms with Crippen molar-refractivity contribution in [1.82, 2.24) is 0 Å². The standard InChI is InChI=1S/C14H24O4/c1-15-12-3-2-4-13(12)18-11-5-7-14(8-6-11)16-9-10-17-14/h11-13H,2-10H2,1H3. The van der Waals surface area contributed by atoms with Crippen LogP contribution in [0.2, 0.25) is 0 Å². The van der Waals surface area contributed by atoms with E-state index >= 15 is 0 Å². The molecule has 2 atom stereocenters. The van der Waals surface area contributed by atoms with E-state index in [2.05, 4.69) is 0 Å². The highest BCUT2D eigenvalue weighted by molar-refractivity contribution is 4.85. The molecule has 1 aliphatic heterocycles. The Morgan fingerprint density at radius 1 is 0.944 bits per heavy atom. The number of methoxy groups -OCH3 is 1. The summed E-state index contributed by atoms with van der Waals surface area (Å²) in [5.41, 5.74) is 0. The molecule has 3 fully saturated rings. The summed E-state index contributed by atoms with van der Waals surface area (Å²) in [6.07, 6.45) is 8.54. The third-order valence-corrected chi connectivity index (χ3v) is 4.57. The van der Waals surface area contributed by atoms with Crippen molar-refractivity contribution in [3.05, 3.63) is 0 Å². The summed E-state index contributed by atoms with van der Waals surface area (Å²) in [5.74, 6) is -0.268. The second-order valence-electron chi connectivity index (χ2n) is 5.69. The van der Waals surface area contributed by atoms with Gasteiger partial charge in [-0.05, 0) is 32.1 Å². The molecule has 2 unspecified atom stereocenters. The van der Waals surface area contributed by atoms with E-state index in [-0.39, 0.29) is 5.79 Å². The predicted octanol–water partition coefficient (Wildman–Crippen LogP) is 2.26. The largest absolute Gasteiger partial charge is 0.379 e. The molecular weight excluding hydrogens is 232 g/mol. The highest BCUT2D eigenvalue weighted by Crippen LogP contribution is 2.38. The molecule has 0 aromatic rings. The van der Waals surface area contributed by atoms with Crippen LogP contribution >= 0.6 is 0 Å². The summed E-state index contributed by atoms with van der Waals surface area (Å²) >= 11 is 0. The van der Waals surface area contributed by atoms with Crippen molar-refractivity contribution in [3.63, 3.8) is 0 Å². The summed E-state index contributed by atoms with van der Waals surface area (Å²) in [6, 6.07) is 0. The molecule has 0 aromatic heterocycles. The van der Waals surface area contributed by atoms with Gasteiger partial charge in [-0.2, -0.15) is 0 Å². The highest BCUT2D eigenvalue weighted by atomic mass is 16.7. The molecule has 104 valence electrons. The molecular formula is C14H24O4. The number of rotatable bonds is 3. The van der Waals surface area contributed by atoms with Gasteiger partial charge in [-0.1, -0.05) is 0 Å². The van der Waals surface area contributed by atoms with Gasteiger partial charge in [0.05, 0.1) is 31.5 Å². The summed E-state index contributed by atoms with van der Waals surface area (Å²) in [7, 11) is 1.79. The van der Waals surface area contributed by atoms with Crippen LogP contribution in [0.5, 0.6) is 0 Å². The van der Waals surface area contributed by atoms with Gasteiger partial charge in [-0.15, -0.1) is 0 Å². The molecule has 0 aromatic carbocycles. The van der Waals surface area contributed by atoms with Gasteiger partial charge in [0.2, 0.25) is 0 Å². The Morgan fingerprint density at radius 3 is 2.28 bits per heavy atom. The molecule has 0 amide bonds. The van der Waals surface area contributed by atoms with Crippen LogP contribution in [-0.2, 0) is 18.9 Å². The minimum atomic E-state index is -0.268. The summed E-state index contributed by atoms with van der Waals surface area (Å²) in [4.78, 5) is 0. The molecule has 2 aliphatic carbocycles. The Bertz CT molecular complexity index is 265. The number of hydrogen-bond acceptors (Lipinski definition) is 4. The van der Waals surface area contributed by atoms with Crippen molar-refractivity contribution in [3.8, 4) is 0 Å². The first-order valence-corrected chi connectivity index (χ1v) is 7.27. The average Bonchev–Trinajstić information content (AvgIpc) is 3.02. The van der Waals surface area contributed by atoms with Crippen LogP contribution < -0.4 is 0 Å². The Morgan fingerprint density at radius 2 is 1.61 bits per heavy atom. The molecule has 4 heteroatoms. The maximum atomic E-state index is 6.22. The molecule has 18 heavy (non-hydrogen) atoms. The Hall–Kier alpha value is -0.160. The van der Waals surface area contributed by atoms with Crippen LogP contribution in [0.25, 0.3) is 0 Å². The molecule has 0 bridgehead atoms. The van der Waals surface area contributed by atoms with E-state index in [1.165, 1.54) is 6.42 Å². The lowest BCUT2D eigenvalue weighted by Crippen LogP contribution is -2.39. The van der Waals surface area contributed by atoms with Crippen molar-refractivity contribution < 1.29 is 18.9 Å². The second-order valence-corrected chi connectivity index (χ2v) is 5.69. The molecule has 1 spiro atoms. The Balaban J connectivity index is 1.48. The fourth-order valence-electron chi connectivity index (χ4n) is 3.52. The number of ether oxygens (including phenoxy) is 4. The topological polar surface area (TPSA) is 36.9 Å². The summed E-state index contributed by atoms with van der Waals surface area (Å²) in [5, 5.41) is 0. The third kappa shape index (κ3) is 2.57. The normalized spacial score (nSPS) is 36.5. The predicted molar refractivity (Wildman–Crippen MR) is 66.4 cm³/mol. The maximum absolute atomic E-state index is 6.22. The van der Waals surface area contributed by atoms with Crippen molar-refractivity contribution in [2.45, 2.75) is 69.0 Å². The van der Waals surface area contributed by atoms with Crippen LogP contribution in [-0.4, -0.2) is 44.4 Å². The van der Waals surface area contributed by atoms with Crippen LogP contribution in [0.1, 0.15) is 44.9 Å². The van der Waals surface area contributed by atoms with E-state index in [9.17, 15) is 0 Å². The molecule has 2 saturated carbocycles. The number of hydrogen-bond donors (Lipinski definition) is 0. The summed E-state index contributed by atoms with van der Waals surface area (Å²) < 4.78 is 23.2. The van der Waals surface area contributed by atoms with Gasteiger partial charge >= 0.3 is 0 Å². The lowest BCUT2D eigenvalue weighted by molar-refractivity contribution is -0.198. The molecule has 3 rings (SSSR count). The third-order valence-electron chi connectivity index (χ3n) is 4.57. The van der Waals surface area contributed by atoms with Crippen LogP contribution in [0.15, 0.2) is 0 Å². The molecule has 1 saturated heterocycles. The average molecular weight is 256 g/mol. The van der Waals surface area contributed by atoms with Crippen molar-refractivity contribution >= 4 is 0 Å². The van der Waals surface area contributed by atoms with Crippen LogP contribution in [0.4, 0.5) is 0 Å². The van der Waals surface area contributed by atoms with E-state index in [1.54, 1.807) is 7.11 Å². The smallest absolute Gasteiger partial charge is 0.168 e. The van der Waals surface area contributed by atoms with Gasteiger partial charge in [0.1, 0.15) is 0 Å². The summed E-state index contributed by atoms with van der Waals surface area (Å²) in [6.45, 7) is 1.50. The van der Waals surface area contributed by atoms with E-state index in [0.717, 1.165) is 51.7 Å².